The van der Waals surface area contributed by atoms with Gasteiger partial charge in [-0.05, 0) is 36.8 Å². The monoisotopic (exact) mass is 382 g/mol. The van der Waals surface area contributed by atoms with Crippen LogP contribution in [0, 0.1) is 0 Å². The van der Waals surface area contributed by atoms with Crippen LogP contribution in [0.5, 0.6) is 11.5 Å². The Morgan fingerprint density at radius 3 is 2.37 bits per heavy atom. The number of methoxy groups -OCH3 is 2. The minimum absolute atomic E-state index is 0.0327. The SMILES string of the molecule is COc1ccc(C2NC(=S)N(C)C(C)=C2C(=O)c2ccccc2)cc1OC. The molecule has 140 valence electrons. The molecule has 1 heterocycles. The van der Waals surface area contributed by atoms with Crippen molar-refractivity contribution >= 4 is 23.1 Å². The minimum atomic E-state index is -0.374. The molecular weight excluding hydrogens is 360 g/mol. The van der Waals surface area contributed by atoms with Gasteiger partial charge in [-0.3, -0.25) is 4.79 Å². The van der Waals surface area contributed by atoms with Gasteiger partial charge in [-0.2, -0.15) is 0 Å². The van der Waals surface area contributed by atoms with E-state index in [1.807, 2.05) is 67.4 Å². The molecule has 0 saturated heterocycles. The number of Topliss-reactive ketones (excluding diaryl/α,β-unsaturated/α-hetero) is 1. The molecule has 0 saturated carbocycles. The molecule has 0 bridgehead atoms. The number of rotatable bonds is 5. The Balaban J connectivity index is 2.12. The van der Waals surface area contributed by atoms with E-state index in [1.54, 1.807) is 14.2 Å². The lowest BCUT2D eigenvalue weighted by atomic mass is 9.89. The van der Waals surface area contributed by atoms with Gasteiger partial charge >= 0.3 is 0 Å². The van der Waals surface area contributed by atoms with E-state index < -0.39 is 0 Å². The zero-order valence-corrected chi connectivity index (χ0v) is 16.6. The highest BCUT2D eigenvalue weighted by Gasteiger charge is 2.33. The second-order valence-electron chi connectivity index (χ2n) is 6.25. The highest BCUT2D eigenvalue weighted by Crippen LogP contribution is 2.36. The second-order valence-corrected chi connectivity index (χ2v) is 6.64. The number of hydrogen-bond donors (Lipinski definition) is 1. The number of carbonyl (C=O) groups is 1. The number of nitrogens with zero attached hydrogens (tertiary/aromatic N) is 1. The molecule has 1 aliphatic heterocycles. The third-order valence-electron chi connectivity index (χ3n) is 4.78. The van der Waals surface area contributed by atoms with Gasteiger partial charge in [-0.1, -0.05) is 36.4 Å². The van der Waals surface area contributed by atoms with E-state index >= 15 is 0 Å². The summed E-state index contributed by atoms with van der Waals surface area (Å²) < 4.78 is 10.7. The number of thiocarbonyl (C=S) groups is 1. The van der Waals surface area contributed by atoms with Gasteiger partial charge in [0.25, 0.3) is 0 Å². The summed E-state index contributed by atoms with van der Waals surface area (Å²) in [4.78, 5) is 15.1. The molecule has 1 atom stereocenters. The topological polar surface area (TPSA) is 50.8 Å². The average Bonchev–Trinajstić information content (AvgIpc) is 2.71. The predicted octanol–water partition coefficient (Wildman–Crippen LogP) is 3.72. The van der Waals surface area contributed by atoms with E-state index in [-0.39, 0.29) is 11.8 Å². The lowest BCUT2D eigenvalue weighted by molar-refractivity contribution is 0.102. The summed E-state index contributed by atoms with van der Waals surface area (Å²) in [7, 11) is 5.04. The molecule has 3 rings (SSSR count). The molecule has 2 aromatic rings. The third kappa shape index (κ3) is 3.53. The molecule has 0 fully saturated rings. The van der Waals surface area contributed by atoms with E-state index in [0.29, 0.717) is 27.7 Å². The number of ether oxygens (including phenoxy) is 2. The van der Waals surface area contributed by atoms with Crippen LogP contribution in [0.3, 0.4) is 0 Å². The average molecular weight is 382 g/mol. The van der Waals surface area contributed by atoms with Crippen molar-refractivity contribution in [3.8, 4) is 11.5 Å². The van der Waals surface area contributed by atoms with Crippen LogP contribution in [0.2, 0.25) is 0 Å². The maximum atomic E-state index is 13.3. The standard InChI is InChI=1S/C21H22N2O3S/c1-13-18(20(24)14-8-6-5-7-9-14)19(22-21(27)23(13)2)15-10-11-16(25-3)17(12-15)26-4/h5-12,19H,1-4H3,(H,22,27). The molecular formula is C21H22N2O3S. The molecule has 6 heteroatoms. The van der Waals surface area contributed by atoms with Crippen LogP contribution in [0.25, 0.3) is 0 Å². The lowest BCUT2D eigenvalue weighted by Crippen LogP contribution is -2.45. The summed E-state index contributed by atoms with van der Waals surface area (Å²) in [6.07, 6.45) is 0. The van der Waals surface area contributed by atoms with Crippen LogP contribution in [0.4, 0.5) is 0 Å². The molecule has 1 unspecified atom stereocenters. The van der Waals surface area contributed by atoms with Gasteiger partial charge in [0.15, 0.2) is 22.4 Å². The first-order valence-corrected chi connectivity index (χ1v) is 8.95. The van der Waals surface area contributed by atoms with E-state index in [4.69, 9.17) is 21.7 Å². The smallest absolute Gasteiger partial charge is 0.193 e. The number of benzene rings is 2. The Bertz CT molecular complexity index is 909. The molecule has 1 aliphatic rings. The van der Waals surface area contributed by atoms with Gasteiger partial charge in [0.1, 0.15) is 0 Å². The van der Waals surface area contributed by atoms with Crippen molar-refractivity contribution in [1.82, 2.24) is 10.2 Å². The molecule has 0 amide bonds. The number of ketones is 1. The van der Waals surface area contributed by atoms with Crippen LogP contribution >= 0.6 is 12.2 Å². The quantitative estimate of drug-likeness (QED) is 0.628. The molecule has 0 aromatic heterocycles. The van der Waals surface area contributed by atoms with Crippen molar-refractivity contribution in [3.05, 3.63) is 70.9 Å². The summed E-state index contributed by atoms with van der Waals surface area (Å²) in [5, 5.41) is 3.85. The van der Waals surface area contributed by atoms with E-state index in [9.17, 15) is 4.79 Å². The van der Waals surface area contributed by atoms with Crippen molar-refractivity contribution in [2.24, 2.45) is 0 Å². The minimum Gasteiger partial charge on any atom is -0.493 e. The fourth-order valence-electron chi connectivity index (χ4n) is 3.16. The van der Waals surface area contributed by atoms with E-state index in [0.717, 1.165) is 11.3 Å². The van der Waals surface area contributed by atoms with Gasteiger partial charge in [-0.25, -0.2) is 0 Å². The Kier molecular flexibility index (Phi) is 5.46. The number of hydrogen-bond acceptors (Lipinski definition) is 4. The van der Waals surface area contributed by atoms with Crippen molar-refractivity contribution < 1.29 is 14.3 Å². The fraction of sp³-hybridized carbons (Fsp3) is 0.238. The Labute approximate surface area is 164 Å². The van der Waals surface area contributed by atoms with Gasteiger partial charge in [0, 0.05) is 23.9 Å². The summed E-state index contributed by atoms with van der Waals surface area (Å²) in [6, 6.07) is 14.5. The highest BCUT2D eigenvalue weighted by molar-refractivity contribution is 7.80. The number of nitrogens with one attached hydrogen (secondary N) is 1. The molecule has 27 heavy (non-hydrogen) atoms. The molecule has 5 nitrogen and oxygen atoms in total. The summed E-state index contributed by atoms with van der Waals surface area (Å²) in [5.74, 6) is 1.20. The summed E-state index contributed by atoms with van der Waals surface area (Å²) >= 11 is 5.46. The molecule has 0 radical (unpaired) electrons. The van der Waals surface area contributed by atoms with Crippen molar-refractivity contribution in [1.29, 1.82) is 0 Å². The zero-order valence-electron chi connectivity index (χ0n) is 15.8. The fourth-order valence-corrected chi connectivity index (χ4v) is 3.41. The highest BCUT2D eigenvalue weighted by atomic mass is 32.1. The Morgan fingerprint density at radius 1 is 1.07 bits per heavy atom. The Morgan fingerprint density at radius 2 is 1.74 bits per heavy atom. The van der Waals surface area contributed by atoms with Crippen LogP contribution in [-0.4, -0.2) is 37.1 Å². The van der Waals surface area contributed by atoms with Gasteiger partial charge in [0.05, 0.1) is 20.3 Å². The third-order valence-corrected chi connectivity index (χ3v) is 5.17. The number of carbonyl (C=O) groups excluding carboxylic acids is 1. The van der Waals surface area contributed by atoms with Gasteiger partial charge < -0.3 is 19.7 Å². The summed E-state index contributed by atoms with van der Waals surface area (Å²) in [5.41, 5.74) is 3.00. The maximum absolute atomic E-state index is 13.3. The first-order chi connectivity index (χ1) is 13.0. The first-order valence-electron chi connectivity index (χ1n) is 8.54. The molecule has 0 aliphatic carbocycles. The normalized spacial score (nSPS) is 16.8. The van der Waals surface area contributed by atoms with Crippen LogP contribution in [0.15, 0.2) is 59.8 Å². The maximum Gasteiger partial charge on any atom is 0.193 e. The zero-order chi connectivity index (χ0) is 19.6. The van der Waals surface area contributed by atoms with Crippen molar-refractivity contribution in [3.63, 3.8) is 0 Å². The molecule has 0 spiro atoms. The van der Waals surface area contributed by atoms with Crippen LogP contribution < -0.4 is 14.8 Å². The van der Waals surface area contributed by atoms with E-state index in [1.165, 1.54) is 0 Å². The number of allylic oxidation sites excluding steroid dienone is 1. The largest absolute Gasteiger partial charge is 0.493 e. The molecule has 1 N–H and O–H groups in total. The van der Waals surface area contributed by atoms with Crippen LogP contribution in [-0.2, 0) is 0 Å². The summed E-state index contributed by atoms with van der Waals surface area (Å²) in [6.45, 7) is 1.91. The molecule has 2 aromatic carbocycles. The predicted molar refractivity (Wildman–Crippen MR) is 109 cm³/mol. The van der Waals surface area contributed by atoms with Crippen molar-refractivity contribution in [2.45, 2.75) is 13.0 Å². The second kappa shape index (κ2) is 7.80. The van der Waals surface area contributed by atoms with Crippen LogP contribution in [0.1, 0.15) is 28.9 Å². The Hall–Kier alpha value is -2.86. The van der Waals surface area contributed by atoms with Crippen molar-refractivity contribution in [2.75, 3.05) is 21.3 Å². The van der Waals surface area contributed by atoms with Gasteiger partial charge in [-0.15, -0.1) is 0 Å². The first kappa shape index (κ1) is 18.9. The van der Waals surface area contributed by atoms with Gasteiger partial charge in [0.2, 0.25) is 0 Å². The lowest BCUT2D eigenvalue weighted by Gasteiger charge is -2.36. The van der Waals surface area contributed by atoms with E-state index in [2.05, 4.69) is 5.32 Å².